The first-order valence-corrected chi connectivity index (χ1v) is 9.21. The highest BCUT2D eigenvalue weighted by molar-refractivity contribution is 6.30. The van der Waals surface area contributed by atoms with Crippen LogP contribution in [-0.2, 0) is 6.61 Å². The molecule has 0 aliphatic rings. The van der Waals surface area contributed by atoms with E-state index in [4.69, 9.17) is 21.1 Å². The summed E-state index contributed by atoms with van der Waals surface area (Å²) in [6.07, 6.45) is 1.70. The van der Waals surface area contributed by atoms with E-state index >= 15 is 0 Å². The molecule has 0 aliphatic heterocycles. The van der Waals surface area contributed by atoms with Crippen LogP contribution >= 0.6 is 11.6 Å². The van der Waals surface area contributed by atoms with Crippen molar-refractivity contribution in [1.82, 2.24) is 10.3 Å². The van der Waals surface area contributed by atoms with Crippen LogP contribution in [0.25, 0.3) is 0 Å². The quantitative estimate of drug-likeness (QED) is 0.622. The van der Waals surface area contributed by atoms with Crippen LogP contribution in [0.1, 0.15) is 34.6 Å². The van der Waals surface area contributed by atoms with Crippen molar-refractivity contribution in [2.45, 2.75) is 19.6 Å². The molecule has 1 heterocycles. The lowest BCUT2D eigenvalue weighted by atomic mass is 10.1. The minimum Gasteiger partial charge on any atom is -0.493 e. The van der Waals surface area contributed by atoms with Crippen molar-refractivity contribution in [3.05, 3.63) is 88.7 Å². The van der Waals surface area contributed by atoms with Gasteiger partial charge >= 0.3 is 0 Å². The first-order chi connectivity index (χ1) is 13.6. The van der Waals surface area contributed by atoms with Gasteiger partial charge in [-0.05, 0) is 55.0 Å². The number of amides is 1. The van der Waals surface area contributed by atoms with E-state index in [1.54, 1.807) is 31.5 Å². The molecule has 0 saturated carbocycles. The Balaban J connectivity index is 1.68. The fourth-order valence-electron chi connectivity index (χ4n) is 2.66. The molecule has 0 bridgehead atoms. The lowest BCUT2D eigenvalue weighted by Crippen LogP contribution is -2.27. The number of rotatable bonds is 7. The normalized spacial score (nSPS) is 11.5. The largest absolute Gasteiger partial charge is 0.493 e. The molecule has 0 radical (unpaired) electrons. The number of ether oxygens (including phenoxy) is 2. The average Bonchev–Trinajstić information content (AvgIpc) is 2.73. The third-order valence-corrected chi connectivity index (χ3v) is 4.46. The number of nitrogens with zero attached hydrogens (tertiary/aromatic N) is 1. The molecule has 0 fully saturated rings. The zero-order chi connectivity index (χ0) is 19.9. The SMILES string of the molecule is COc1cc(C(=O)NC(C)c2ccccn2)ccc1OCc1ccc(Cl)cc1. The first-order valence-electron chi connectivity index (χ1n) is 8.84. The molecule has 3 aromatic rings. The lowest BCUT2D eigenvalue weighted by Gasteiger charge is -2.15. The molecule has 1 atom stereocenters. The number of hydrogen-bond acceptors (Lipinski definition) is 4. The zero-order valence-corrected chi connectivity index (χ0v) is 16.4. The molecular formula is C22H21ClN2O3. The number of pyridine rings is 1. The minimum absolute atomic E-state index is 0.208. The smallest absolute Gasteiger partial charge is 0.251 e. The number of benzene rings is 2. The summed E-state index contributed by atoms with van der Waals surface area (Å²) in [6, 6.07) is 17.9. The molecule has 28 heavy (non-hydrogen) atoms. The minimum atomic E-state index is -0.208. The van der Waals surface area contributed by atoms with E-state index in [1.165, 1.54) is 0 Å². The maximum absolute atomic E-state index is 12.6. The Morgan fingerprint density at radius 3 is 2.57 bits per heavy atom. The molecule has 3 rings (SSSR count). The van der Waals surface area contributed by atoms with Crippen molar-refractivity contribution in [3.8, 4) is 11.5 Å². The molecule has 0 saturated heterocycles. The standard InChI is InChI=1S/C22H21ClN2O3/c1-15(19-5-3-4-12-24-19)25-22(26)17-8-11-20(21(13-17)27-2)28-14-16-6-9-18(23)10-7-16/h3-13,15H,14H2,1-2H3,(H,25,26). The van der Waals surface area contributed by atoms with E-state index in [0.29, 0.717) is 28.7 Å². The second kappa shape index (κ2) is 9.24. The number of nitrogens with one attached hydrogen (secondary N) is 1. The predicted molar refractivity (Wildman–Crippen MR) is 109 cm³/mol. The molecule has 1 amide bonds. The van der Waals surface area contributed by atoms with Crippen LogP contribution in [0.5, 0.6) is 11.5 Å². The molecule has 144 valence electrons. The van der Waals surface area contributed by atoms with Crippen molar-refractivity contribution >= 4 is 17.5 Å². The van der Waals surface area contributed by atoms with Crippen molar-refractivity contribution < 1.29 is 14.3 Å². The number of hydrogen-bond donors (Lipinski definition) is 1. The second-order valence-corrected chi connectivity index (χ2v) is 6.67. The number of halogens is 1. The third-order valence-electron chi connectivity index (χ3n) is 4.21. The van der Waals surface area contributed by atoms with Crippen molar-refractivity contribution in [3.63, 3.8) is 0 Å². The van der Waals surface area contributed by atoms with Gasteiger partial charge in [-0.3, -0.25) is 9.78 Å². The number of aromatic nitrogens is 1. The van der Waals surface area contributed by atoms with Gasteiger partial charge in [-0.1, -0.05) is 29.8 Å². The van der Waals surface area contributed by atoms with Crippen molar-refractivity contribution in [2.75, 3.05) is 7.11 Å². The van der Waals surface area contributed by atoms with Gasteiger partial charge in [0, 0.05) is 16.8 Å². The van der Waals surface area contributed by atoms with E-state index in [9.17, 15) is 4.79 Å². The van der Waals surface area contributed by atoms with Crippen LogP contribution in [0.15, 0.2) is 66.9 Å². The Kier molecular flexibility index (Phi) is 6.50. The van der Waals surface area contributed by atoms with Gasteiger partial charge in [0.15, 0.2) is 11.5 Å². The molecule has 2 aromatic carbocycles. The van der Waals surface area contributed by atoms with Gasteiger partial charge < -0.3 is 14.8 Å². The summed E-state index contributed by atoms with van der Waals surface area (Å²) in [6.45, 7) is 2.26. The van der Waals surface area contributed by atoms with E-state index in [0.717, 1.165) is 11.3 Å². The highest BCUT2D eigenvalue weighted by Gasteiger charge is 2.15. The predicted octanol–water partition coefficient (Wildman–Crippen LogP) is 4.81. The Morgan fingerprint density at radius 2 is 1.89 bits per heavy atom. The Hall–Kier alpha value is -3.05. The fourth-order valence-corrected chi connectivity index (χ4v) is 2.78. The zero-order valence-electron chi connectivity index (χ0n) is 15.7. The third kappa shape index (κ3) is 5.02. The number of carbonyl (C=O) groups excluding carboxylic acids is 1. The maximum Gasteiger partial charge on any atom is 0.251 e. The Bertz CT molecular complexity index is 930. The first kappa shape index (κ1) is 19.7. The number of carbonyl (C=O) groups is 1. The lowest BCUT2D eigenvalue weighted by molar-refractivity contribution is 0.0938. The molecule has 6 heteroatoms. The van der Waals surface area contributed by atoms with Gasteiger partial charge in [-0.2, -0.15) is 0 Å². The molecule has 0 aliphatic carbocycles. The fraction of sp³-hybridized carbons (Fsp3) is 0.182. The van der Waals surface area contributed by atoms with Crippen LogP contribution in [-0.4, -0.2) is 18.0 Å². The van der Waals surface area contributed by atoms with Gasteiger partial charge in [0.25, 0.3) is 5.91 Å². The molecule has 5 nitrogen and oxygen atoms in total. The number of methoxy groups -OCH3 is 1. The monoisotopic (exact) mass is 396 g/mol. The summed E-state index contributed by atoms with van der Waals surface area (Å²) in [5, 5.41) is 3.61. The maximum atomic E-state index is 12.6. The molecule has 1 unspecified atom stereocenters. The summed E-state index contributed by atoms with van der Waals surface area (Å²) < 4.78 is 11.2. The molecule has 1 aromatic heterocycles. The van der Waals surface area contributed by atoms with Crippen LogP contribution in [0, 0.1) is 0 Å². The van der Waals surface area contributed by atoms with Gasteiger partial charge in [0.2, 0.25) is 0 Å². The van der Waals surface area contributed by atoms with E-state index in [2.05, 4.69) is 10.3 Å². The second-order valence-electron chi connectivity index (χ2n) is 6.23. The molecule has 1 N–H and O–H groups in total. The van der Waals surface area contributed by atoms with Gasteiger partial charge in [-0.15, -0.1) is 0 Å². The van der Waals surface area contributed by atoms with Crippen molar-refractivity contribution in [2.24, 2.45) is 0 Å². The summed E-state index contributed by atoms with van der Waals surface area (Å²) in [5.74, 6) is 0.847. The summed E-state index contributed by atoms with van der Waals surface area (Å²) in [4.78, 5) is 16.8. The molecule has 0 spiro atoms. The van der Waals surface area contributed by atoms with Gasteiger partial charge in [0.05, 0.1) is 18.8 Å². The topological polar surface area (TPSA) is 60.5 Å². The Labute approximate surface area is 169 Å². The highest BCUT2D eigenvalue weighted by atomic mass is 35.5. The van der Waals surface area contributed by atoms with Crippen LogP contribution in [0.3, 0.4) is 0 Å². The molecular weight excluding hydrogens is 376 g/mol. The Morgan fingerprint density at radius 1 is 1.11 bits per heavy atom. The average molecular weight is 397 g/mol. The van der Waals surface area contributed by atoms with Gasteiger partial charge in [0.1, 0.15) is 6.61 Å². The van der Waals surface area contributed by atoms with Crippen molar-refractivity contribution in [1.29, 1.82) is 0 Å². The summed E-state index contributed by atoms with van der Waals surface area (Å²) >= 11 is 5.90. The van der Waals surface area contributed by atoms with E-state index in [-0.39, 0.29) is 11.9 Å². The van der Waals surface area contributed by atoms with Crippen LogP contribution in [0.4, 0.5) is 0 Å². The van der Waals surface area contributed by atoms with Gasteiger partial charge in [-0.25, -0.2) is 0 Å². The highest BCUT2D eigenvalue weighted by Crippen LogP contribution is 2.29. The van der Waals surface area contributed by atoms with E-state index in [1.807, 2.05) is 49.4 Å². The summed E-state index contributed by atoms with van der Waals surface area (Å²) in [5.41, 5.74) is 2.27. The summed E-state index contributed by atoms with van der Waals surface area (Å²) in [7, 11) is 1.54. The van der Waals surface area contributed by atoms with Crippen LogP contribution in [0.2, 0.25) is 5.02 Å². The van der Waals surface area contributed by atoms with E-state index < -0.39 is 0 Å². The van der Waals surface area contributed by atoms with Crippen LogP contribution < -0.4 is 14.8 Å².